The number of aliphatic hydroxyl groups excluding tert-OH is 1. The average Bonchev–Trinajstić information content (AvgIpc) is 2.60. The number of Topliss-reactive ketones (excluding diaryl/α,β-unsaturated/α-hetero) is 1. The summed E-state index contributed by atoms with van der Waals surface area (Å²) in [6.45, 7) is 1.86. The molecule has 3 nitrogen and oxygen atoms in total. The second-order valence-electron chi connectivity index (χ2n) is 5.76. The highest BCUT2D eigenvalue weighted by atomic mass is 35.5. The lowest BCUT2D eigenvalue weighted by molar-refractivity contribution is 0.0943. The number of rotatable bonds is 7. The molecule has 2 aromatic rings. The minimum atomic E-state index is -0.0485. The number of benzene rings is 2. The number of halogens is 1. The number of carbonyl (C=O) groups is 1. The van der Waals surface area contributed by atoms with Crippen LogP contribution in [0.4, 0.5) is 0 Å². The fourth-order valence-corrected chi connectivity index (χ4v) is 2.42. The first-order valence-corrected chi connectivity index (χ1v) is 8.17. The number of ether oxygens (including phenoxy) is 1. The summed E-state index contributed by atoms with van der Waals surface area (Å²) >= 11 is 5.89. The maximum atomic E-state index is 12.3. The van der Waals surface area contributed by atoms with Crippen molar-refractivity contribution in [3.8, 4) is 5.75 Å². The zero-order valence-corrected chi connectivity index (χ0v) is 14.6. The topological polar surface area (TPSA) is 46.5 Å². The van der Waals surface area contributed by atoms with Crippen LogP contribution in [-0.2, 0) is 0 Å². The summed E-state index contributed by atoms with van der Waals surface area (Å²) < 4.78 is 5.37. The maximum Gasteiger partial charge on any atom is 0.163 e. The van der Waals surface area contributed by atoms with Gasteiger partial charge >= 0.3 is 0 Å². The summed E-state index contributed by atoms with van der Waals surface area (Å²) in [5, 5.41) is 9.79. The molecule has 4 heteroatoms. The second kappa shape index (κ2) is 8.67. The van der Waals surface area contributed by atoms with E-state index in [1.807, 2.05) is 49.4 Å². The molecular weight excluding hydrogens is 324 g/mol. The van der Waals surface area contributed by atoms with E-state index in [9.17, 15) is 4.79 Å². The largest absolute Gasteiger partial charge is 0.496 e. The standard InChI is InChI=1S/C20H21ClO3/c1-14(13-22)11-19(23)16-7-10-20(24-2)17(12-16)6-3-15-4-8-18(21)9-5-15/h3-10,12,14,22H,11,13H2,1-2H3/b6-3+. The van der Waals surface area contributed by atoms with Crippen LogP contribution in [0.25, 0.3) is 12.2 Å². The van der Waals surface area contributed by atoms with Crippen LogP contribution < -0.4 is 4.74 Å². The Morgan fingerprint density at radius 1 is 1.21 bits per heavy atom. The molecule has 2 aromatic carbocycles. The molecule has 0 aromatic heterocycles. The van der Waals surface area contributed by atoms with E-state index in [4.69, 9.17) is 21.4 Å². The van der Waals surface area contributed by atoms with Crippen molar-refractivity contribution in [3.05, 3.63) is 64.2 Å². The summed E-state index contributed by atoms with van der Waals surface area (Å²) in [6, 6.07) is 12.9. The Kier molecular flexibility index (Phi) is 6.59. The summed E-state index contributed by atoms with van der Waals surface area (Å²) in [4.78, 5) is 12.3. The number of ketones is 1. The van der Waals surface area contributed by atoms with Gasteiger partial charge in [-0.2, -0.15) is 0 Å². The van der Waals surface area contributed by atoms with Crippen LogP contribution in [0.15, 0.2) is 42.5 Å². The molecule has 1 atom stereocenters. The van der Waals surface area contributed by atoms with Crippen molar-refractivity contribution in [1.82, 2.24) is 0 Å². The molecule has 126 valence electrons. The van der Waals surface area contributed by atoms with Gasteiger partial charge in [-0.15, -0.1) is 0 Å². The molecule has 0 amide bonds. The van der Waals surface area contributed by atoms with E-state index in [-0.39, 0.29) is 18.3 Å². The number of carbonyl (C=O) groups excluding carboxylic acids is 1. The van der Waals surface area contributed by atoms with Crippen molar-refractivity contribution >= 4 is 29.5 Å². The monoisotopic (exact) mass is 344 g/mol. The van der Waals surface area contributed by atoms with Gasteiger partial charge < -0.3 is 9.84 Å². The molecule has 2 rings (SSSR count). The van der Waals surface area contributed by atoms with Crippen LogP contribution in [-0.4, -0.2) is 24.6 Å². The van der Waals surface area contributed by atoms with E-state index >= 15 is 0 Å². The van der Waals surface area contributed by atoms with Crippen LogP contribution >= 0.6 is 11.6 Å². The van der Waals surface area contributed by atoms with Crippen molar-refractivity contribution in [2.45, 2.75) is 13.3 Å². The van der Waals surface area contributed by atoms with Gasteiger partial charge in [-0.25, -0.2) is 0 Å². The normalized spacial score (nSPS) is 12.3. The summed E-state index contributed by atoms with van der Waals surface area (Å²) in [6.07, 6.45) is 4.18. The Bertz CT molecular complexity index is 720. The van der Waals surface area contributed by atoms with Gasteiger partial charge in [0.2, 0.25) is 0 Å². The molecule has 0 spiro atoms. The predicted molar refractivity (Wildman–Crippen MR) is 98.6 cm³/mol. The van der Waals surface area contributed by atoms with Crippen LogP contribution in [0.5, 0.6) is 5.75 Å². The van der Waals surface area contributed by atoms with Gasteiger partial charge in [0.15, 0.2) is 5.78 Å². The van der Waals surface area contributed by atoms with Gasteiger partial charge in [0, 0.05) is 29.2 Å². The van der Waals surface area contributed by atoms with E-state index in [0.717, 1.165) is 11.1 Å². The number of aliphatic hydroxyl groups is 1. The Morgan fingerprint density at radius 2 is 1.92 bits per heavy atom. The molecule has 1 unspecified atom stereocenters. The molecule has 0 radical (unpaired) electrons. The smallest absolute Gasteiger partial charge is 0.163 e. The van der Waals surface area contributed by atoms with E-state index in [0.29, 0.717) is 22.8 Å². The van der Waals surface area contributed by atoms with Gasteiger partial charge in [-0.3, -0.25) is 4.79 Å². The van der Waals surface area contributed by atoms with Crippen molar-refractivity contribution < 1.29 is 14.6 Å². The summed E-state index contributed by atoms with van der Waals surface area (Å²) in [5.41, 5.74) is 2.45. The molecule has 0 aliphatic rings. The highest BCUT2D eigenvalue weighted by Crippen LogP contribution is 2.24. The van der Waals surface area contributed by atoms with E-state index in [2.05, 4.69) is 0 Å². The van der Waals surface area contributed by atoms with Gasteiger partial charge in [0.05, 0.1) is 7.11 Å². The van der Waals surface area contributed by atoms with Gasteiger partial charge in [0.1, 0.15) is 5.75 Å². The maximum absolute atomic E-state index is 12.3. The first-order chi connectivity index (χ1) is 11.5. The fraction of sp³-hybridized carbons (Fsp3) is 0.250. The van der Waals surface area contributed by atoms with Crippen molar-refractivity contribution in [3.63, 3.8) is 0 Å². The number of hydrogen-bond acceptors (Lipinski definition) is 3. The molecule has 0 fully saturated rings. The lowest BCUT2D eigenvalue weighted by Crippen LogP contribution is -2.09. The predicted octanol–water partition coefficient (Wildman–Crippen LogP) is 4.72. The van der Waals surface area contributed by atoms with Crippen molar-refractivity contribution in [2.75, 3.05) is 13.7 Å². The average molecular weight is 345 g/mol. The van der Waals surface area contributed by atoms with Crippen LogP contribution in [0, 0.1) is 5.92 Å². The van der Waals surface area contributed by atoms with E-state index in [1.54, 1.807) is 19.2 Å². The van der Waals surface area contributed by atoms with Gasteiger partial charge in [-0.1, -0.05) is 42.8 Å². The summed E-state index contributed by atoms with van der Waals surface area (Å²) in [7, 11) is 1.60. The van der Waals surface area contributed by atoms with Crippen LogP contribution in [0.3, 0.4) is 0 Å². The molecule has 0 heterocycles. The SMILES string of the molecule is COc1ccc(C(=O)CC(C)CO)cc1/C=C/c1ccc(Cl)cc1. The highest BCUT2D eigenvalue weighted by molar-refractivity contribution is 6.30. The Balaban J connectivity index is 2.25. The molecule has 1 N–H and O–H groups in total. The number of hydrogen-bond donors (Lipinski definition) is 1. The van der Waals surface area contributed by atoms with Crippen LogP contribution in [0.2, 0.25) is 5.02 Å². The minimum Gasteiger partial charge on any atom is -0.496 e. The fourth-order valence-electron chi connectivity index (χ4n) is 2.30. The zero-order chi connectivity index (χ0) is 17.5. The zero-order valence-electron chi connectivity index (χ0n) is 13.8. The second-order valence-corrected chi connectivity index (χ2v) is 6.19. The Labute approximate surface area is 147 Å². The quantitative estimate of drug-likeness (QED) is 0.584. The molecule has 24 heavy (non-hydrogen) atoms. The molecule has 0 aliphatic carbocycles. The van der Waals surface area contributed by atoms with Crippen molar-refractivity contribution in [1.29, 1.82) is 0 Å². The molecule has 0 bridgehead atoms. The van der Waals surface area contributed by atoms with E-state index < -0.39 is 0 Å². The van der Waals surface area contributed by atoms with E-state index in [1.165, 1.54) is 0 Å². The van der Waals surface area contributed by atoms with Crippen LogP contribution in [0.1, 0.15) is 34.8 Å². The lowest BCUT2D eigenvalue weighted by Gasteiger charge is -2.10. The van der Waals surface area contributed by atoms with Gasteiger partial charge in [0.25, 0.3) is 0 Å². The summed E-state index contributed by atoms with van der Waals surface area (Å²) in [5.74, 6) is 0.667. The third-order valence-electron chi connectivity index (χ3n) is 3.72. The number of methoxy groups -OCH3 is 1. The van der Waals surface area contributed by atoms with Gasteiger partial charge in [-0.05, 0) is 41.8 Å². The molecule has 0 saturated carbocycles. The molecule has 0 aliphatic heterocycles. The third kappa shape index (κ3) is 4.95. The minimum absolute atomic E-state index is 0.00518. The third-order valence-corrected chi connectivity index (χ3v) is 3.97. The van der Waals surface area contributed by atoms with Crippen molar-refractivity contribution in [2.24, 2.45) is 5.92 Å². The Morgan fingerprint density at radius 3 is 2.54 bits per heavy atom. The lowest BCUT2D eigenvalue weighted by atomic mass is 9.98. The molecule has 0 saturated heterocycles. The Hall–Kier alpha value is -2.10. The highest BCUT2D eigenvalue weighted by Gasteiger charge is 2.12. The first kappa shape index (κ1) is 18.2. The molecular formula is C20H21ClO3. The first-order valence-electron chi connectivity index (χ1n) is 7.79.